The summed E-state index contributed by atoms with van der Waals surface area (Å²) in [4.78, 5) is 30.9. The average Bonchev–Trinajstić information content (AvgIpc) is 2.74. The number of methoxy groups -OCH3 is 2. The molecule has 8 heteroatoms. The summed E-state index contributed by atoms with van der Waals surface area (Å²) in [5.74, 6) is 1.10. The van der Waals surface area contributed by atoms with Gasteiger partial charge in [-0.25, -0.2) is 0 Å². The van der Waals surface area contributed by atoms with Crippen molar-refractivity contribution in [2.75, 3.05) is 32.6 Å². The number of fused-ring (bicyclic) bond motifs is 2. The Morgan fingerprint density at radius 3 is 2.83 bits per heavy atom. The minimum atomic E-state index is -0.149. The van der Waals surface area contributed by atoms with E-state index in [-0.39, 0.29) is 17.9 Å². The number of amides is 1. The number of nitrogens with one attached hydrogen (secondary N) is 2. The number of hydrogen-bond donors (Lipinski definition) is 2. The Morgan fingerprint density at radius 1 is 1.23 bits per heavy atom. The number of aromatic amines is 1. The minimum Gasteiger partial charge on any atom is -0.497 e. The number of pyridine rings is 1. The Kier molecular flexibility index (Phi) is 5.65. The van der Waals surface area contributed by atoms with Gasteiger partial charge < -0.3 is 19.8 Å². The molecule has 156 valence electrons. The van der Waals surface area contributed by atoms with E-state index in [1.54, 1.807) is 38.5 Å². The van der Waals surface area contributed by atoms with Crippen LogP contribution in [0.4, 0.5) is 5.69 Å². The maximum absolute atomic E-state index is 13.2. The van der Waals surface area contributed by atoms with Crippen molar-refractivity contribution < 1.29 is 14.3 Å². The zero-order valence-electron chi connectivity index (χ0n) is 16.8. The first kappa shape index (κ1) is 20.3. The number of carbonyl (C=O) groups is 1. The molecule has 30 heavy (non-hydrogen) atoms. The van der Waals surface area contributed by atoms with Crippen LogP contribution in [0.15, 0.2) is 41.2 Å². The number of H-pyrrole nitrogens is 1. The Balaban J connectivity index is 1.55. The number of anilines is 1. The van der Waals surface area contributed by atoms with E-state index in [9.17, 15) is 9.59 Å². The zero-order chi connectivity index (χ0) is 21.3. The van der Waals surface area contributed by atoms with E-state index in [4.69, 9.17) is 21.1 Å². The first-order chi connectivity index (χ1) is 14.5. The summed E-state index contributed by atoms with van der Waals surface area (Å²) in [6.07, 6.45) is 0.628. The number of benzene rings is 2. The van der Waals surface area contributed by atoms with Crippen LogP contribution in [0.5, 0.6) is 11.5 Å². The Hall–Kier alpha value is -3.03. The second kappa shape index (κ2) is 8.38. The van der Waals surface area contributed by atoms with Gasteiger partial charge in [-0.05, 0) is 24.3 Å². The summed E-state index contributed by atoms with van der Waals surface area (Å²) >= 11 is 6.31. The van der Waals surface area contributed by atoms with Crippen molar-refractivity contribution in [3.05, 3.63) is 62.9 Å². The molecule has 2 N–H and O–H groups in total. The second-order valence-electron chi connectivity index (χ2n) is 7.15. The molecule has 0 unspecified atom stereocenters. The smallest absolute Gasteiger partial charge is 0.238 e. The van der Waals surface area contributed by atoms with E-state index in [1.165, 1.54) is 0 Å². The highest BCUT2D eigenvalue weighted by Gasteiger charge is 2.24. The molecule has 1 aliphatic rings. The standard InChI is InChI=1S/C22H22ClN3O4/c1-29-14-5-3-4-13(10-14)24-19(27)12-26-9-8-17-15(11-26)22(28)20-16(23)6-7-18(30-2)21(20)25-17/h3-7,10H,8-9,11-12H2,1-2H3,(H,24,27)(H,25,28). The van der Waals surface area contributed by atoms with Crippen LogP contribution in [0.3, 0.4) is 0 Å². The number of halogens is 1. The van der Waals surface area contributed by atoms with E-state index in [2.05, 4.69) is 10.3 Å². The quantitative estimate of drug-likeness (QED) is 0.653. The SMILES string of the molecule is COc1cccc(NC(=O)CN2CCc3[nH]c4c(OC)ccc(Cl)c4c(=O)c3C2)c1. The van der Waals surface area contributed by atoms with E-state index < -0.39 is 0 Å². The van der Waals surface area contributed by atoms with Crippen LogP contribution in [-0.2, 0) is 17.8 Å². The monoisotopic (exact) mass is 427 g/mol. The maximum Gasteiger partial charge on any atom is 0.238 e. The molecular weight excluding hydrogens is 406 g/mol. The second-order valence-corrected chi connectivity index (χ2v) is 7.56. The van der Waals surface area contributed by atoms with E-state index >= 15 is 0 Å². The van der Waals surface area contributed by atoms with Crippen molar-refractivity contribution in [2.45, 2.75) is 13.0 Å². The molecule has 0 saturated carbocycles. The van der Waals surface area contributed by atoms with Crippen LogP contribution in [0.2, 0.25) is 5.02 Å². The van der Waals surface area contributed by atoms with Gasteiger partial charge in [-0.15, -0.1) is 0 Å². The number of carbonyl (C=O) groups excluding carboxylic acids is 1. The predicted molar refractivity (Wildman–Crippen MR) is 117 cm³/mol. The summed E-state index contributed by atoms with van der Waals surface area (Å²) < 4.78 is 10.6. The van der Waals surface area contributed by atoms with Gasteiger partial charge >= 0.3 is 0 Å². The zero-order valence-corrected chi connectivity index (χ0v) is 17.5. The van der Waals surface area contributed by atoms with Gasteiger partial charge in [-0.2, -0.15) is 0 Å². The van der Waals surface area contributed by atoms with Crippen LogP contribution in [0.1, 0.15) is 11.3 Å². The third-order valence-electron chi connectivity index (χ3n) is 5.26. The molecule has 0 spiro atoms. The molecule has 0 aliphatic carbocycles. The lowest BCUT2D eigenvalue weighted by atomic mass is 10.0. The first-order valence-electron chi connectivity index (χ1n) is 9.56. The normalized spacial score (nSPS) is 13.7. The summed E-state index contributed by atoms with van der Waals surface area (Å²) in [6, 6.07) is 10.6. The fourth-order valence-electron chi connectivity index (χ4n) is 3.78. The van der Waals surface area contributed by atoms with Crippen molar-refractivity contribution in [3.63, 3.8) is 0 Å². The van der Waals surface area contributed by atoms with Crippen LogP contribution in [0, 0.1) is 0 Å². The summed E-state index contributed by atoms with van der Waals surface area (Å²) in [7, 11) is 3.14. The lowest BCUT2D eigenvalue weighted by molar-refractivity contribution is -0.117. The lowest BCUT2D eigenvalue weighted by Gasteiger charge is -2.28. The number of aromatic nitrogens is 1. The lowest BCUT2D eigenvalue weighted by Crippen LogP contribution is -2.39. The van der Waals surface area contributed by atoms with Gasteiger partial charge in [-0.3, -0.25) is 14.5 Å². The molecule has 7 nitrogen and oxygen atoms in total. The molecule has 1 aliphatic heterocycles. The molecule has 2 heterocycles. The topological polar surface area (TPSA) is 83.7 Å². The highest BCUT2D eigenvalue weighted by atomic mass is 35.5. The Labute approximate surface area is 178 Å². The highest BCUT2D eigenvalue weighted by Crippen LogP contribution is 2.30. The molecule has 1 aromatic heterocycles. The van der Waals surface area contributed by atoms with Crippen molar-refractivity contribution in [2.24, 2.45) is 0 Å². The van der Waals surface area contributed by atoms with Crippen LogP contribution < -0.4 is 20.2 Å². The van der Waals surface area contributed by atoms with Gasteiger partial charge in [0.1, 0.15) is 11.5 Å². The molecular formula is C22H22ClN3O4. The Morgan fingerprint density at radius 2 is 2.07 bits per heavy atom. The summed E-state index contributed by atoms with van der Waals surface area (Å²) in [5.41, 5.74) is 2.65. The summed E-state index contributed by atoms with van der Waals surface area (Å²) in [5, 5.41) is 3.66. The van der Waals surface area contributed by atoms with Gasteiger partial charge in [0.2, 0.25) is 5.91 Å². The van der Waals surface area contributed by atoms with Crippen molar-refractivity contribution in [3.8, 4) is 11.5 Å². The molecule has 0 fully saturated rings. The third-order valence-corrected chi connectivity index (χ3v) is 5.57. The predicted octanol–water partition coefficient (Wildman–Crippen LogP) is 3.20. The van der Waals surface area contributed by atoms with Gasteiger partial charge in [0.05, 0.1) is 36.7 Å². The maximum atomic E-state index is 13.2. The van der Waals surface area contributed by atoms with Crippen molar-refractivity contribution in [1.82, 2.24) is 9.88 Å². The van der Waals surface area contributed by atoms with Gasteiger partial charge in [0.25, 0.3) is 0 Å². The van der Waals surface area contributed by atoms with E-state index in [1.807, 2.05) is 17.0 Å². The van der Waals surface area contributed by atoms with Gasteiger partial charge in [-0.1, -0.05) is 17.7 Å². The first-order valence-corrected chi connectivity index (χ1v) is 9.94. The largest absolute Gasteiger partial charge is 0.497 e. The molecule has 0 radical (unpaired) electrons. The highest BCUT2D eigenvalue weighted by molar-refractivity contribution is 6.35. The van der Waals surface area contributed by atoms with Crippen molar-refractivity contribution in [1.29, 1.82) is 0 Å². The molecule has 2 aromatic carbocycles. The molecule has 3 aromatic rings. The fraction of sp³-hybridized carbons (Fsp3) is 0.273. The van der Waals surface area contributed by atoms with Crippen LogP contribution >= 0.6 is 11.6 Å². The average molecular weight is 428 g/mol. The summed E-state index contributed by atoms with van der Waals surface area (Å²) in [6.45, 7) is 1.21. The van der Waals surface area contributed by atoms with Gasteiger partial charge in [0.15, 0.2) is 5.43 Å². The number of ether oxygens (including phenoxy) is 2. The van der Waals surface area contributed by atoms with Crippen LogP contribution in [0.25, 0.3) is 10.9 Å². The van der Waals surface area contributed by atoms with E-state index in [0.29, 0.717) is 58.2 Å². The third kappa shape index (κ3) is 3.86. The molecule has 0 atom stereocenters. The molecule has 4 rings (SSSR count). The minimum absolute atomic E-state index is 0.124. The van der Waals surface area contributed by atoms with E-state index in [0.717, 1.165) is 5.69 Å². The Bertz CT molecular complexity index is 1170. The molecule has 0 bridgehead atoms. The molecule has 0 saturated heterocycles. The van der Waals surface area contributed by atoms with Crippen LogP contribution in [-0.4, -0.2) is 43.1 Å². The van der Waals surface area contributed by atoms with Gasteiger partial charge in [0, 0.05) is 42.5 Å². The number of nitrogens with zero attached hydrogens (tertiary/aromatic N) is 1. The fourth-order valence-corrected chi connectivity index (χ4v) is 4.02. The molecule has 1 amide bonds. The van der Waals surface area contributed by atoms with Crippen molar-refractivity contribution >= 4 is 34.1 Å². The number of hydrogen-bond acceptors (Lipinski definition) is 5. The number of rotatable bonds is 5.